The van der Waals surface area contributed by atoms with Gasteiger partial charge in [-0.3, -0.25) is 0 Å². The topological polar surface area (TPSA) is 29.1 Å². The van der Waals surface area contributed by atoms with Crippen molar-refractivity contribution >= 4 is 6.29 Å². The normalized spacial score (nSPS) is 33.8. The molecule has 1 saturated carbocycles. The van der Waals surface area contributed by atoms with Gasteiger partial charge in [0.05, 0.1) is 6.04 Å². The molecule has 0 amide bonds. The molecule has 12 heavy (non-hydrogen) atoms. The molecule has 0 aromatic carbocycles. The third kappa shape index (κ3) is 1.40. The standard InChI is InChI=1S/C10H17NO/c12-7-9-3-6-10(8-11-9)4-1-2-5-10/h7,9,11H,1-6,8H2. The molecule has 0 aromatic rings. The van der Waals surface area contributed by atoms with Gasteiger partial charge in [-0.25, -0.2) is 0 Å². The molecule has 1 atom stereocenters. The minimum absolute atomic E-state index is 0.149. The van der Waals surface area contributed by atoms with Gasteiger partial charge in [0.25, 0.3) is 0 Å². The molecule has 0 aromatic heterocycles. The minimum atomic E-state index is 0.149. The summed E-state index contributed by atoms with van der Waals surface area (Å²) in [7, 11) is 0. The molecule has 2 fully saturated rings. The zero-order chi connectivity index (χ0) is 8.44. The van der Waals surface area contributed by atoms with E-state index in [-0.39, 0.29) is 6.04 Å². The Kier molecular flexibility index (Phi) is 2.18. The summed E-state index contributed by atoms with van der Waals surface area (Å²) in [6.07, 6.45) is 8.94. The fraction of sp³-hybridized carbons (Fsp3) is 0.900. The zero-order valence-corrected chi connectivity index (χ0v) is 7.51. The number of carbonyl (C=O) groups is 1. The van der Waals surface area contributed by atoms with Crippen molar-refractivity contribution < 1.29 is 4.79 Å². The molecule has 2 heteroatoms. The summed E-state index contributed by atoms with van der Waals surface area (Å²) in [4.78, 5) is 10.5. The van der Waals surface area contributed by atoms with Crippen molar-refractivity contribution in [3.63, 3.8) is 0 Å². The van der Waals surface area contributed by atoms with Gasteiger partial charge in [0.1, 0.15) is 6.29 Å². The van der Waals surface area contributed by atoms with Crippen molar-refractivity contribution in [3.8, 4) is 0 Å². The molecule has 1 heterocycles. The first-order valence-electron chi connectivity index (χ1n) is 5.03. The van der Waals surface area contributed by atoms with E-state index >= 15 is 0 Å². The average Bonchev–Trinajstić information content (AvgIpc) is 2.55. The lowest BCUT2D eigenvalue weighted by Gasteiger charge is -2.36. The van der Waals surface area contributed by atoms with Gasteiger partial charge in [-0.15, -0.1) is 0 Å². The van der Waals surface area contributed by atoms with E-state index in [1.165, 1.54) is 32.1 Å². The predicted molar refractivity (Wildman–Crippen MR) is 48.0 cm³/mol. The molecule has 68 valence electrons. The molecule has 2 aliphatic rings. The van der Waals surface area contributed by atoms with Crippen LogP contribution in [0.1, 0.15) is 38.5 Å². The summed E-state index contributed by atoms with van der Waals surface area (Å²) < 4.78 is 0. The van der Waals surface area contributed by atoms with Gasteiger partial charge in [0.2, 0.25) is 0 Å². The van der Waals surface area contributed by atoms with E-state index in [0.29, 0.717) is 5.41 Å². The van der Waals surface area contributed by atoms with Crippen LogP contribution < -0.4 is 5.32 Å². The Morgan fingerprint density at radius 3 is 2.50 bits per heavy atom. The summed E-state index contributed by atoms with van der Waals surface area (Å²) in [5, 5.41) is 3.33. The summed E-state index contributed by atoms with van der Waals surface area (Å²) in [5.41, 5.74) is 0.583. The maximum Gasteiger partial charge on any atom is 0.136 e. The molecule has 1 aliphatic heterocycles. The second-order valence-electron chi connectivity index (χ2n) is 4.37. The average molecular weight is 167 g/mol. The molecule has 1 spiro atoms. The largest absolute Gasteiger partial charge is 0.307 e. The van der Waals surface area contributed by atoms with Crippen LogP contribution in [-0.2, 0) is 4.79 Å². The highest BCUT2D eigenvalue weighted by Crippen LogP contribution is 2.43. The molecule has 1 unspecified atom stereocenters. The van der Waals surface area contributed by atoms with Gasteiger partial charge in [-0.1, -0.05) is 12.8 Å². The van der Waals surface area contributed by atoms with Crippen LogP contribution in [0.3, 0.4) is 0 Å². The van der Waals surface area contributed by atoms with Gasteiger partial charge in [-0.2, -0.15) is 0 Å². The Labute approximate surface area is 73.7 Å². The highest BCUT2D eigenvalue weighted by atomic mass is 16.1. The predicted octanol–water partition coefficient (Wildman–Crippen LogP) is 1.50. The van der Waals surface area contributed by atoms with Gasteiger partial charge in [0, 0.05) is 6.54 Å². The smallest absolute Gasteiger partial charge is 0.136 e. The van der Waals surface area contributed by atoms with Gasteiger partial charge < -0.3 is 10.1 Å². The van der Waals surface area contributed by atoms with E-state index in [1.807, 2.05) is 0 Å². The van der Waals surface area contributed by atoms with Crippen LogP contribution in [0, 0.1) is 5.41 Å². The Morgan fingerprint density at radius 1 is 1.25 bits per heavy atom. The van der Waals surface area contributed by atoms with Crippen LogP contribution in [0.25, 0.3) is 0 Å². The van der Waals surface area contributed by atoms with Crippen LogP contribution in [0.4, 0.5) is 0 Å². The van der Waals surface area contributed by atoms with Gasteiger partial charge in [0.15, 0.2) is 0 Å². The van der Waals surface area contributed by atoms with Crippen LogP contribution in [0.5, 0.6) is 0 Å². The van der Waals surface area contributed by atoms with Crippen molar-refractivity contribution in [2.75, 3.05) is 6.54 Å². The Balaban J connectivity index is 1.92. The number of carbonyl (C=O) groups excluding carboxylic acids is 1. The summed E-state index contributed by atoms with van der Waals surface area (Å²) in [6, 6.07) is 0.149. The van der Waals surface area contributed by atoms with Crippen LogP contribution >= 0.6 is 0 Å². The minimum Gasteiger partial charge on any atom is -0.307 e. The second kappa shape index (κ2) is 3.17. The van der Waals surface area contributed by atoms with Gasteiger partial charge in [-0.05, 0) is 31.1 Å². The first kappa shape index (κ1) is 8.24. The van der Waals surface area contributed by atoms with Crippen LogP contribution in [0.15, 0.2) is 0 Å². The van der Waals surface area contributed by atoms with Crippen molar-refractivity contribution in [2.24, 2.45) is 5.41 Å². The van der Waals surface area contributed by atoms with Crippen LogP contribution in [0.2, 0.25) is 0 Å². The molecule has 2 rings (SSSR count). The maximum absolute atomic E-state index is 10.5. The lowest BCUT2D eigenvalue weighted by molar-refractivity contribution is -0.110. The van der Waals surface area contributed by atoms with E-state index in [4.69, 9.17) is 0 Å². The summed E-state index contributed by atoms with van der Waals surface area (Å²) in [6.45, 7) is 1.08. The van der Waals surface area contributed by atoms with Crippen molar-refractivity contribution in [3.05, 3.63) is 0 Å². The first-order chi connectivity index (χ1) is 5.85. The molecule has 1 saturated heterocycles. The van der Waals surface area contributed by atoms with Crippen LogP contribution in [-0.4, -0.2) is 18.9 Å². The zero-order valence-electron chi connectivity index (χ0n) is 7.51. The first-order valence-corrected chi connectivity index (χ1v) is 5.03. The summed E-state index contributed by atoms with van der Waals surface area (Å²) >= 11 is 0. The van der Waals surface area contributed by atoms with E-state index in [1.54, 1.807) is 0 Å². The number of piperidine rings is 1. The number of hydrogen-bond donors (Lipinski definition) is 1. The molecular formula is C10H17NO. The van der Waals surface area contributed by atoms with Crippen molar-refractivity contribution in [2.45, 2.75) is 44.6 Å². The van der Waals surface area contributed by atoms with E-state index in [9.17, 15) is 4.79 Å². The highest BCUT2D eigenvalue weighted by molar-refractivity contribution is 5.57. The third-order valence-electron chi connectivity index (χ3n) is 3.55. The number of aldehydes is 1. The monoisotopic (exact) mass is 167 g/mol. The van der Waals surface area contributed by atoms with Gasteiger partial charge >= 0.3 is 0 Å². The molecule has 0 bridgehead atoms. The van der Waals surface area contributed by atoms with Crippen molar-refractivity contribution in [1.29, 1.82) is 0 Å². The maximum atomic E-state index is 10.5. The Bertz CT molecular complexity index is 163. The number of nitrogens with one attached hydrogen (secondary N) is 1. The fourth-order valence-electron chi connectivity index (χ4n) is 2.67. The van der Waals surface area contributed by atoms with E-state index < -0.39 is 0 Å². The number of rotatable bonds is 1. The molecule has 0 radical (unpaired) electrons. The summed E-state index contributed by atoms with van der Waals surface area (Å²) in [5.74, 6) is 0. The quantitative estimate of drug-likeness (QED) is 0.600. The molecule has 1 aliphatic carbocycles. The molecule has 2 nitrogen and oxygen atoms in total. The highest BCUT2D eigenvalue weighted by Gasteiger charge is 2.37. The lowest BCUT2D eigenvalue weighted by Crippen LogP contribution is -2.45. The fourth-order valence-corrected chi connectivity index (χ4v) is 2.67. The molecular weight excluding hydrogens is 150 g/mol. The lowest BCUT2D eigenvalue weighted by atomic mass is 9.77. The number of hydrogen-bond acceptors (Lipinski definition) is 2. The van der Waals surface area contributed by atoms with Crippen molar-refractivity contribution in [1.82, 2.24) is 5.32 Å². The second-order valence-corrected chi connectivity index (χ2v) is 4.37. The van der Waals surface area contributed by atoms with E-state index in [2.05, 4.69) is 5.32 Å². The van der Waals surface area contributed by atoms with E-state index in [0.717, 1.165) is 19.3 Å². The Morgan fingerprint density at radius 2 is 2.00 bits per heavy atom. The Hall–Kier alpha value is -0.370. The SMILES string of the molecule is O=CC1CCC2(CCCC2)CN1. The molecule has 1 N–H and O–H groups in total. The third-order valence-corrected chi connectivity index (χ3v) is 3.55.